The molecule has 1 aromatic carbocycles. The number of nitrogens with zero attached hydrogens (tertiary/aromatic N) is 5. The molecule has 1 N–H and O–H groups in total. The smallest absolute Gasteiger partial charge is 0.234 e. The molecule has 0 saturated carbocycles. The zero-order valence-corrected chi connectivity index (χ0v) is 15.4. The number of amides is 1. The summed E-state index contributed by atoms with van der Waals surface area (Å²) >= 11 is 5.50. The van der Waals surface area contributed by atoms with Crippen molar-refractivity contribution in [2.75, 3.05) is 20.1 Å². The Morgan fingerprint density at radius 2 is 1.96 bits per heavy atom. The zero-order valence-electron chi connectivity index (χ0n) is 14.6. The van der Waals surface area contributed by atoms with E-state index >= 15 is 0 Å². The van der Waals surface area contributed by atoms with Gasteiger partial charge in [0.1, 0.15) is 0 Å². The van der Waals surface area contributed by atoms with Crippen LogP contribution in [0.3, 0.4) is 0 Å². The Labute approximate surface area is 147 Å². The number of hydrogen-bond donors (Lipinski definition) is 1. The first-order valence-corrected chi connectivity index (χ1v) is 8.39. The first-order chi connectivity index (χ1) is 11.4. The van der Waals surface area contributed by atoms with Crippen LogP contribution in [0, 0.1) is 18.6 Å². The summed E-state index contributed by atoms with van der Waals surface area (Å²) in [4.78, 5) is 13.6. The van der Waals surface area contributed by atoms with Gasteiger partial charge in [0.15, 0.2) is 0 Å². The van der Waals surface area contributed by atoms with Gasteiger partial charge < -0.3 is 5.32 Å². The molecule has 8 heteroatoms. The normalized spacial score (nSPS) is 11.0. The Kier molecular flexibility index (Phi) is 6.22. The molecule has 7 nitrogen and oxygen atoms in total. The number of hydrogen-bond acceptors (Lipinski definition) is 5. The third kappa shape index (κ3) is 4.27. The second kappa shape index (κ2) is 8.16. The number of tetrazole rings is 1. The molecule has 0 aliphatic heterocycles. The fourth-order valence-electron chi connectivity index (χ4n) is 2.49. The lowest BCUT2D eigenvalue weighted by Gasteiger charge is -2.15. The maximum absolute atomic E-state index is 11.8. The van der Waals surface area contributed by atoms with Crippen molar-refractivity contribution in [3.8, 4) is 5.69 Å². The van der Waals surface area contributed by atoms with E-state index in [1.807, 2.05) is 50.9 Å². The Hall–Kier alpha value is -2.06. The Morgan fingerprint density at radius 1 is 1.29 bits per heavy atom. The molecule has 130 valence electrons. The highest BCUT2D eigenvalue weighted by molar-refractivity contribution is 7.71. The average molecular weight is 348 g/mol. The Bertz CT molecular complexity index is 746. The van der Waals surface area contributed by atoms with Gasteiger partial charge in [-0.3, -0.25) is 9.69 Å². The fraction of sp³-hybridized carbons (Fsp3) is 0.500. The molecule has 0 unspecified atom stereocenters. The minimum atomic E-state index is -0.00647. The molecule has 0 atom stereocenters. The van der Waals surface area contributed by atoms with Gasteiger partial charge in [-0.2, -0.15) is 4.68 Å². The zero-order chi connectivity index (χ0) is 17.7. The number of aryl methyl sites for hydroxylation is 2. The van der Waals surface area contributed by atoms with Crippen molar-refractivity contribution >= 4 is 18.1 Å². The molecule has 1 heterocycles. The van der Waals surface area contributed by atoms with Crippen LogP contribution in [0.2, 0.25) is 0 Å². The van der Waals surface area contributed by atoms with Crippen molar-refractivity contribution in [2.45, 2.75) is 33.9 Å². The SMILES string of the molecule is CCCNC(=O)CN(C)Cn1nnn(-c2c(C)cccc2C)c1=S. The number of likely N-dealkylation sites (N-methyl/N-ethyl adjacent to an activating group) is 1. The third-order valence-electron chi connectivity index (χ3n) is 3.65. The van der Waals surface area contributed by atoms with E-state index in [-0.39, 0.29) is 12.5 Å². The highest BCUT2D eigenvalue weighted by atomic mass is 32.1. The quantitative estimate of drug-likeness (QED) is 0.773. The number of aromatic nitrogens is 4. The number of benzene rings is 1. The minimum absolute atomic E-state index is 0.00647. The van der Waals surface area contributed by atoms with Crippen LogP contribution in [0.25, 0.3) is 5.69 Å². The second-order valence-corrected chi connectivity index (χ2v) is 6.28. The first-order valence-electron chi connectivity index (χ1n) is 7.98. The highest BCUT2D eigenvalue weighted by Crippen LogP contribution is 2.17. The summed E-state index contributed by atoms with van der Waals surface area (Å²) in [5.74, 6) is -0.00647. The van der Waals surface area contributed by atoms with Crippen molar-refractivity contribution in [3.05, 3.63) is 34.1 Å². The second-order valence-electron chi connectivity index (χ2n) is 5.92. The number of nitrogens with one attached hydrogen (secondary N) is 1. The van der Waals surface area contributed by atoms with Gasteiger partial charge in [-0.15, -0.1) is 0 Å². The molecule has 0 bridgehead atoms. The molecule has 24 heavy (non-hydrogen) atoms. The summed E-state index contributed by atoms with van der Waals surface area (Å²) in [5, 5.41) is 11.2. The largest absolute Gasteiger partial charge is 0.355 e. The summed E-state index contributed by atoms with van der Waals surface area (Å²) in [6.45, 7) is 7.45. The first kappa shape index (κ1) is 18.3. The number of carbonyl (C=O) groups excluding carboxylic acids is 1. The highest BCUT2D eigenvalue weighted by Gasteiger charge is 2.13. The third-order valence-corrected chi connectivity index (χ3v) is 4.04. The lowest BCUT2D eigenvalue weighted by molar-refractivity contribution is -0.122. The van der Waals surface area contributed by atoms with E-state index in [1.165, 1.54) is 0 Å². The van der Waals surface area contributed by atoms with Gasteiger partial charge in [0.05, 0.1) is 18.9 Å². The maximum atomic E-state index is 11.8. The minimum Gasteiger partial charge on any atom is -0.355 e. The molecule has 2 aromatic rings. The predicted molar refractivity (Wildman–Crippen MR) is 95.6 cm³/mol. The van der Waals surface area contributed by atoms with E-state index in [0.717, 1.165) is 23.2 Å². The van der Waals surface area contributed by atoms with E-state index in [1.54, 1.807) is 9.36 Å². The average Bonchev–Trinajstić information content (AvgIpc) is 2.86. The molecule has 2 rings (SSSR count). The molecular weight excluding hydrogens is 324 g/mol. The van der Waals surface area contributed by atoms with Crippen LogP contribution in [-0.2, 0) is 11.5 Å². The van der Waals surface area contributed by atoms with E-state index in [9.17, 15) is 4.79 Å². The van der Waals surface area contributed by atoms with Gasteiger partial charge in [0.25, 0.3) is 0 Å². The molecule has 1 aromatic heterocycles. The van der Waals surface area contributed by atoms with Gasteiger partial charge in [-0.05, 0) is 61.1 Å². The van der Waals surface area contributed by atoms with E-state index < -0.39 is 0 Å². The topological polar surface area (TPSA) is 68.0 Å². The van der Waals surface area contributed by atoms with E-state index in [2.05, 4.69) is 15.7 Å². The predicted octanol–water partition coefficient (Wildman–Crippen LogP) is 1.83. The van der Waals surface area contributed by atoms with Crippen molar-refractivity contribution in [1.29, 1.82) is 0 Å². The summed E-state index contributed by atoms with van der Waals surface area (Å²) in [6, 6.07) is 6.05. The molecule has 0 saturated heterocycles. The maximum Gasteiger partial charge on any atom is 0.234 e. The lowest BCUT2D eigenvalue weighted by atomic mass is 10.1. The number of carbonyl (C=O) groups is 1. The fourth-order valence-corrected chi connectivity index (χ4v) is 2.71. The molecule has 0 spiro atoms. The van der Waals surface area contributed by atoms with Crippen LogP contribution in [0.4, 0.5) is 0 Å². The van der Waals surface area contributed by atoms with Gasteiger partial charge in [-0.1, -0.05) is 25.1 Å². The number of rotatable bonds is 7. The molecule has 0 aliphatic rings. The van der Waals surface area contributed by atoms with E-state index in [0.29, 0.717) is 18.0 Å². The molecular formula is C16H24N6OS. The van der Waals surface area contributed by atoms with Gasteiger partial charge >= 0.3 is 0 Å². The summed E-state index contributed by atoms with van der Waals surface area (Å²) < 4.78 is 3.80. The van der Waals surface area contributed by atoms with Crippen molar-refractivity contribution in [1.82, 2.24) is 30.0 Å². The standard InChI is InChI=1S/C16H24N6OS/c1-5-9-17-14(23)10-20(4)11-21-16(24)22(19-18-21)15-12(2)7-6-8-13(15)3/h6-8H,5,9-11H2,1-4H3,(H,17,23). The number of para-hydroxylation sites is 1. The lowest BCUT2D eigenvalue weighted by Crippen LogP contribution is -2.36. The Balaban J connectivity index is 2.13. The van der Waals surface area contributed by atoms with Gasteiger partial charge in [0, 0.05) is 6.54 Å². The van der Waals surface area contributed by atoms with Gasteiger partial charge in [0.2, 0.25) is 10.7 Å². The van der Waals surface area contributed by atoms with Crippen LogP contribution in [0.5, 0.6) is 0 Å². The van der Waals surface area contributed by atoms with Crippen molar-refractivity contribution < 1.29 is 4.79 Å². The van der Waals surface area contributed by atoms with Crippen LogP contribution in [-0.4, -0.2) is 50.7 Å². The van der Waals surface area contributed by atoms with Crippen LogP contribution in [0.15, 0.2) is 18.2 Å². The molecule has 0 fully saturated rings. The van der Waals surface area contributed by atoms with E-state index in [4.69, 9.17) is 12.2 Å². The Morgan fingerprint density at radius 3 is 2.58 bits per heavy atom. The molecule has 0 aliphatic carbocycles. The van der Waals surface area contributed by atoms with Crippen LogP contribution in [0.1, 0.15) is 24.5 Å². The summed E-state index contributed by atoms with van der Waals surface area (Å²) in [6.07, 6.45) is 0.921. The van der Waals surface area contributed by atoms with Crippen molar-refractivity contribution in [3.63, 3.8) is 0 Å². The van der Waals surface area contributed by atoms with Crippen LogP contribution >= 0.6 is 12.2 Å². The molecule has 1 amide bonds. The van der Waals surface area contributed by atoms with Crippen LogP contribution < -0.4 is 5.32 Å². The summed E-state index contributed by atoms with van der Waals surface area (Å²) in [7, 11) is 1.85. The van der Waals surface area contributed by atoms with Gasteiger partial charge in [-0.25, -0.2) is 4.68 Å². The van der Waals surface area contributed by atoms with Crippen molar-refractivity contribution in [2.24, 2.45) is 0 Å². The summed E-state index contributed by atoms with van der Waals surface area (Å²) in [5.41, 5.74) is 3.13. The molecule has 0 radical (unpaired) electrons. The monoisotopic (exact) mass is 348 g/mol.